The summed E-state index contributed by atoms with van der Waals surface area (Å²) in [5, 5.41) is 2.17. The number of thiophene rings is 1. The third-order valence-corrected chi connectivity index (χ3v) is 6.14. The fourth-order valence-corrected chi connectivity index (χ4v) is 5.22. The Balaban J connectivity index is 2.25. The summed E-state index contributed by atoms with van der Waals surface area (Å²) in [7, 11) is 2.27. The van der Waals surface area contributed by atoms with Gasteiger partial charge in [-0.1, -0.05) is 26.8 Å². The smallest absolute Gasteiger partial charge is 0.0416 e. The van der Waals surface area contributed by atoms with E-state index >= 15 is 0 Å². The van der Waals surface area contributed by atoms with E-state index in [2.05, 4.69) is 57.2 Å². The molecule has 1 fully saturated rings. The van der Waals surface area contributed by atoms with Crippen LogP contribution in [0.3, 0.4) is 0 Å². The molecule has 114 valence electrons. The maximum atomic E-state index is 6.28. The number of rotatable bonds is 4. The first-order valence-corrected chi connectivity index (χ1v) is 8.64. The highest BCUT2D eigenvalue weighted by Gasteiger charge is 2.45. The molecule has 0 spiro atoms. The Kier molecular flexibility index (Phi) is 4.63. The minimum Gasteiger partial charge on any atom is -0.329 e. The Morgan fingerprint density at radius 2 is 2.15 bits per heavy atom. The fourth-order valence-electron chi connectivity index (χ4n) is 4.40. The summed E-state index contributed by atoms with van der Waals surface area (Å²) >= 11 is 1.85. The first-order chi connectivity index (χ1) is 9.30. The molecule has 0 bridgehead atoms. The van der Waals surface area contributed by atoms with Crippen LogP contribution in [0.2, 0.25) is 0 Å². The lowest BCUT2D eigenvalue weighted by Gasteiger charge is -2.53. The number of likely N-dealkylation sites (N-methyl/N-ethyl adjacent to an activating group) is 1. The molecule has 2 rings (SSSR count). The van der Waals surface area contributed by atoms with Gasteiger partial charge in [-0.25, -0.2) is 0 Å². The van der Waals surface area contributed by atoms with E-state index in [4.69, 9.17) is 5.73 Å². The zero-order valence-corrected chi connectivity index (χ0v) is 14.5. The first kappa shape index (κ1) is 16.0. The summed E-state index contributed by atoms with van der Waals surface area (Å²) < 4.78 is 0. The van der Waals surface area contributed by atoms with Crippen molar-refractivity contribution in [3.8, 4) is 0 Å². The van der Waals surface area contributed by atoms with Crippen molar-refractivity contribution in [1.29, 1.82) is 0 Å². The van der Waals surface area contributed by atoms with E-state index in [1.807, 2.05) is 11.3 Å². The molecular formula is C17H30N2S. The summed E-state index contributed by atoms with van der Waals surface area (Å²) in [6.45, 7) is 10.3. The zero-order valence-electron chi connectivity index (χ0n) is 13.6. The minimum absolute atomic E-state index is 0.143. The zero-order chi connectivity index (χ0) is 15.0. The van der Waals surface area contributed by atoms with E-state index in [1.165, 1.54) is 24.1 Å². The molecular weight excluding hydrogens is 264 g/mol. The molecule has 3 atom stereocenters. The minimum atomic E-state index is 0.143. The van der Waals surface area contributed by atoms with E-state index in [1.54, 1.807) is 0 Å². The van der Waals surface area contributed by atoms with Gasteiger partial charge >= 0.3 is 0 Å². The van der Waals surface area contributed by atoms with Gasteiger partial charge in [0, 0.05) is 23.0 Å². The molecule has 3 unspecified atom stereocenters. The van der Waals surface area contributed by atoms with Gasteiger partial charge in [0.25, 0.3) is 0 Å². The topological polar surface area (TPSA) is 29.3 Å². The molecule has 3 heteroatoms. The summed E-state index contributed by atoms with van der Waals surface area (Å²) in [6.07, 6.45) is 3.74. The summed E-state index contributed by atoms with van der Waals surface area (Å²) in [5.74, 6) is 0.750. The molecule has 0 saturated heterocycles. The summed E-state index contributed by atoms with van der Waals surface area (Å²) in [5.41, 5.74) is 6.81. The molecule has 1 aliphatic carbocycles. The predicted molar refractivity (Wildman–Crippen MR) is 89.1 cm³/mol. The van der Waals surface area contributed by atoms with Crippen molar-refractivity contribution in [1.82, 2.24) is 4.90 Å². The van der Waals surface area contributed by atoms with Gasteiger partial charge in [0.05, 0.1) is 0 Å². The maximum absolute atomic E-state index is 6.28. The normalized spacial score (nSPS) is 31.4. The van der Waals surface area contributed by atoms with Crippen LogP contribution in [0.25, 0.3) is 0 Å². The lowest BCUT2D eigenvalue weighted by atomic mass is 9.63. The van der Waals surface area contributed by atoms with E-state index in [0.29, 0.717) is 11.5 Å². The van der Waals surface area contributed by atoms with Crippen molar-refractivity contribution in [2.24, 2.45) is 17.1 Å². The van der Waals surface area contributed by atoms with Crippen molar-refractivity contribution in [2.75, 3.05) is 13.6 Å². The lowest BCUT2D eigenvalue weighted by molar-refractivity contribution is -0.0161. The molecule has 0 aromatic carbocycles. The van der Waals surface area contributed by atoms with E-state index in [-0.39, 0.29) is 5.54 Å². The Hall–Kier alpha value is -0.380. The number of hydrogen-bond donors (Lipinski definition) is 1. The average molecular weight is 295 g/mol. The van der Waals surface area contributed by atoms with Gasteiger partial charge in [-0.2, -0.15) is 0 Å². The summed E-state index contributed by atoms with van der Waals surface area (Å²) in [6, 6.07) is 4.83. The van der Waals surface area contributed by atoms with Crippen LogP contribution in [0.15, 0.2) is 17.5 Å². The third kappa shape index (κ3) is 3.10. The highest BCUT2D eigenvalue weighted by atomic mass is 32.1. The monoisotopic (exact) mass is 294 g/mol. The second kappa shape index (κ2) is 5.78. The van der Waals surface area contributed by atoms with Crippen LogP contribution in [-0.4, -0.2) is 24.0 Å². The van der Waals surface area contributed by atoms with Gasteiger partial charge in [-0.15, -0.1) is 11.3 Å². The first-order valence-electron chi connectivity index (χ1n) is 7.76. The van der Waals surface area contributed by atoms with Gasteiger partial charge < -0.3 is 5.73 Å². The Labute approximate surface area is 128 Å². The van der Waals surface area contributed by atoms with Crippen LogP contribution in [0, 0.1) is 11.3 Å². The SMILES string of the molecule is CC1CC(C)(C)CC(CN)(N(C)C(C)c2cccs2)C1. The van der Waals surface area contributed by atoms with Crippen LogP contribution in [0.5, 0.6) is 0 Å². The van der Waals surface area contributed by atoms with Crippen molar-refractivity contribution in [2.45, 2.75) is 58.5 Å². The second-order valence-corrected chi connectivity index (χ2v) is 8.56. The Morgan fingerprint density at radius 1 is 1.45 bits per heavy atom. The maximum Gasteiger partial charge on any atom is 0.0416 e. The van der Waals surface area contributed by atoms with Crippen molar-refractivity contribution < 1.29 is 0 Å². The van der Waals surface area contributed by atoms with E-state index in [0.717, 1.165) is 12.5 Å². The number of nitrogens with two attached hydrogens (primary N) is 1. The highest BCUT2D eigenvalue weighted by Crippen LogP contribution is 2.47. The second-order valence-electron chi connectivity index (χ2n) is 7.59. The van der Waals surface area contributed by atoms with E-state index in [9.17, 15) is 0 Å². The molecule has 1 aliphatic rings. The number of nitrogens with zero attached hydrogens (tertiary/aromatic N) is 1. The third-order valence-electron chi connectivity index (χ3n) is 5.10. The summed E-state index contributed by atoms with van der Waals surface area (Å²) in [4.78, 5) is 3.99. The Morgan fingerprint density at radius 3 is 2.65 bits per heavy atom. The molecule has 20 heavy (non-hydrogen) atoms. The van der Waals surface area contributed by atoms with Gasteiger partial charge in [0.1, 0.15) is 0 Å². The number of hydrogen-bond acceptors (Lipinski definition) is 3. The molecule has 2 N–H and O–H groups in total. The molecule has 0 radical (unpaired) electrons. The van der Waals surface area contributed by atoms with Gasteiger partial charge in [-0.05, 0) is 56.0 Å². The molecule has 0 aliphatic heterocycles. The predicted octanol–water partition coefficient (Wildman–Crippen LogP) is 4.28. The van der Waals surface area contributed by atoms with Crippen LogP contribution >= 0.6 is 11.3 Å². The average Bonchev–Trinajstić information content (AvgIpc) is 2.88. The van der Waals surface area contributed by atoms with Gasteiger partial charge in [0.2, 0.25) is 0 Å². The van der Waals surface area contributed by atoms with Crippen LogP contribution in [0.1, 0.15) is 57.9 Å². The Bertz CT molecular complexity index is 426. The molecule has 1 saturated carbocycles. The molecule has 1 aromatic heterocycles. The standard InChI is InChI=1S/C17H30N2S/c1-13-9-16(3,4)11-17(10-13,12-18)19(5)14(2)15-7-6-8-20-15/h6-8,13-14H,9-12,18H2,1-5H3. The molecule has 1 aromatic rings. The van der Waals surface area contributed by atoms with E-state index < -0.39 is 0 Å². The largest absolute Gasteiger partial charge is 0.329 e. The van der Waals surface area contributed by atoms with Crippen molar-refractivity contribution in [3.63, 3.8) is 0 Å². The van der Waals surface area contributed by atoms with Crippen LogP contribution in [-0.2, 0) is 0 Å². The lowest BCUT2D eigenvalue weighted by Crippen LogP contribution is -2.58. The molecule has 0 amide bonds. The fraction of sp³-hybridized carbons (Fsp3) is 0.765. The van der Waals surface area contributed by atoms with Crippen molar-refractivity contribution >= 4 is 11.3 Å². The van der Waals surface area contributed by atoms with Gasteiger partial charge in [-0.3, -0.25) is 4.90 Å². The van der Waals surface area contributed by atoms with Gasteiger partial charge in [0.15, 0.2) is 0 Å². The quantitative estimate of drug-likeness (QED) is 0.898. The molecule has 1 heterocycles. The van der Waals surface area contributed by atoms with Crippen LogP contribution in [0.4, 0.5) is 0 Å². The van der Waals surface area contributed by atoms with Crippen molar-refractivity contribution in [3.05, 3.63) is 22.4 Å². The highest BCUT2D eigenvalue weighted by molar-refractivity contribution is 7.10. The van der Waals surface area contributed by atoms with Crippen LogP contribution < -0.4 is 5.73 Å². The molecule has 2 nitrogen and oxygen atoms in total.